The van der Waals surface area contributed by atoms with E-state index in [9.17, 15) is 0 Å². The first-order chi connectivity index (χ1) is 9.70. The molecule has 0 saturated heterocycles. The minimum atomic E-state index is -0.187. The zero-order valence-corrected chi connectivity index (χ0v) is 13.8. The number of rotatable bonds is 6. The molecule has 2 aromatic carbocycles. The monoisotopic (exact) mass is 284 g/mol. The number of aryl methyl sites for hydroxylation is 2. The molecule has 0 aromatic heterocycles. The third-order valence-electron chi connectivity index (χ3n) is 3.68. The van der Waals surface area contributed by atoms with Gasteiger partial charge < -0.3 is 0 Å². The SMILES string of the molecule is CCCCCP(c1ccc(C)cc1)c1ccc(C)cc1. The average Bonchev–Trinajstić information content (AvgIpc) is 2.46. The van der Waals surface area contributed by atoms with Gasteiger partial charge in [0.2, 0.25) is 0 Å². The van der Waals surface area contributed by atoms with Crippen LogP contribution in [0.3, 0.4) is 0 Å². The lowest BCUT2D eigenvalue weighted by Gasteiger charge is -2.19. The molecule has 2 aromatic rings. The fourth-order valence-corrected chi connectivity index (χ4v) is 4.75. The van der Waals surface area contributed by atoms with Crippen LogP contribution in [0.25, 0.3) is 0 Å². The Balaban J connectivity index is 2.23. The van der Waals surface area contributed by atoms with Gasteiger partial charge in [-0.15, -0.1) is 0 Å². The molecule has 0 spiro atoms. The van der Waals surface area contributed by atoms with Crippen molar-refractivity contribution >= 4 is 18.5 Å². The Hall–Kier alpha value is -1.13. The van der Waals surface area contributed by atoms with Crippen LogP contribution in [0.1, 0.15) is 37.3 Å². The zero-order valence-electron chi connectivity index (χ0n) is 12.9. The van der Waals surface area contributed by atoms with E-state index in [-0.39, 0.29) is 7.92 Å². The fraction of sp³-hybridized carbons (Fsp3) is 0.368. The summed E-state index contributed by atoms with van der Waals surface area (Å²) in [5.41, 5.74) is 2.70. The molecule has 20 heavy (non-hydrogen) atoms. The summed E-state index contributed by atoms with van der Waals surface area (Å²) >= 11 is 0. The van der Waals surface area contributed by atoms with E-state index in [1.807, 2.05) is 0 Å². The molecule has 0 amide bonds. The van der Waals surface area contributed by atoms with Crippen LogP contribution in [-0.2, 0) is 0 Å². The second-order valence-electron chi connectivity index (χ2n) is 5.53. The Kier molecular flexibility index (Phi) is 5.80. The first-order valence-corrected chi connectivity index (χ1v) is 9.14. The summed E-state index contributed by atoms with van der Waals surface area (Å²) < 4.78 is 0. The minimum Gasteiger partial charge on any atom is -0.0654 e. The Labute approximate surface area is 125 Å². The van der Waals surface area contributed by atoms with Crippen LogP contribution in [0.4, 0.5) is 0 Å². The molecule has 0 fully saturated rings. The van der Waals surface area contributed by atoms with Gasteiger partial charge in [0.25, 0.3) is 0 Å². The van der Waals surface area contributed by atoms with E-state index in [4.69, 9.17) is 0 Å². The van der Waals surface area contributed by atoms with Gasteiger partial charge in [0, 0.05) is 0 Å². The van der Waals surface area contributed by atoms with E-state index < -0.39 is 0 Å². The van der Waals surface area contributed by atoms with E-state index >= 15 is 0 Å². The molecule has 0 N–H and O–H groups in total. The smallest absolute Gasteiger partial charge is 0.0195 e. The summed E-state index contributed by atoms with van der Waals surface area (Å²) in [7, 11) is -0.187. The maximum atomic E-state index is 2.33. The molecule has 0 heterocycles. The lowest BCUT2D eigenvalue weighted by Crippen LogP contribution is -2.14. The maximum absolute atomic E-state index is 2.33. The predicted molar refractivity (Wildman–Crippen MR) is 92.9 cm³/mol. The van der Waals surface area contributed by atoms with Crippen molar-refractivity contribution in [3.8, 4) is 0 Å². The maximum Gasteiger partial charge on any atom is -0.0195 e. The van der Waals surface area contributed by atoms with Gasteiger partial charge in [-0.05, 0) is 45.0 Å². The van der Waals surface area contributed by atoms with E-state index in [2.05, 4.69) is 69.3 Å². The third kappa shape index (κ3) is 4.18. The third-order valence-corrected chi connectivity index (χ3v) is 6.28. The number of hydrogen-bond acceptors (Lipinski definition) is 0. The van der Waals surface area contributed by atoms with E-state index in [1.165, 1.54) is 47.2 Å². The summed E-state index contributed by atoms with van der Waals surface area (Å²) in [6, 6.07) is 18.3. The van der Waals surface area contributed by atoms with E-state index in [0.717, 1.165) is 0 Å². The highest BCUT2D eigenvalue weighted by Crippen LogP contribution is 2.35. The molecule has 0 unspecified atom stereocenters. The van der Waals surface area contributed by atoms with Crippen molar-refractivity contribution in [2.75, 3.05) is 6.16 Å². The Bertz CT molecular complexity index is 465. The van der Waals surface area contributed by atoms with Gasteiger partial charge >= 0.3 is 0 Å². The summed E-state index contributed by atoms with van der Waals surface area (Å²) in [5.74, 6) is 0. The molecule has 0 aliphatic carbocycles. The first-order valence-electron chi connectivity index (χ1n) is 7.61. The van der Waals surface area contributed by atoms with Crippen molar-refractivity contribution in [1.82, 2.24) is 0 Å². The summed E-state index contributed by atoms with van der Waals surface area (Å²) in [5, 5.41) is 3.04. The van der Waals surface area contributed by atoms with Gasteiger partial charge in [-0.3, -0.25) is 0 Å². The number of unbranched alkanes of at least 4 members (excludes halogenated alkanes) is 2. The molecule has 0 atom stereocenters. The van der Waals surface area contributed by atoms with Crippen molar-refractivity contribution in [1.29, 1.82) is 0 Å². The lowest BCUT2D eigenvalue weighted by molar-refractivity contribution is 0.777. The van der Waals surface area contributed by atoms with E-state index in [1.54, 1.807) is 0 Å². The summed E-state index contributed by atoms with van der Waals surface area (Å²) in [6.07, 6.45) is 5.29. The number of hydrogen-bond donors (Lipinski definition) is 0. The Morgan fingerprint density at radius 1 is 0.700 bits per heavy atom. The van der Waals surface area contributed by atoms with Crippen molar-refractivity contribution in [3.63, 3.8) is 0 Å². The molecule has 2 rings (SSSR count). The molecule has 0 saturated carbocycles. The lowest BCUT2D eigenvalue weighted by atomic mass is 10.2. The first kappa shape index (κ1) is 15.3. The largest absolute Gasteiger partial charge is 0.0654 e. The minimum absolute atomic E-state index is 0.187. The van der Waals surface area contributed by atoms with Gasteiger partial charge in [0.15, 0.2) is 0 Å². The molecule has 1 heteroatoms. The highest BCUT2D eigenvalue weighted by atomic mass is 31.1. The molecular formula is C19H25P. The molecule has 106 valence electrons. The van der Waals surface area contributed by atoms with Gasteiger partial charge in [0.1, 0.15) is 0 Å². The van der Waals surface area contributed by atoms with Crippen LogP contribution >= 0.6 is 7.92 Å². The Morgan fingerprint density at radius 2 is 1.15 bits per heavy atom. The van der Waals surface area contributed by atoms with Gasteiger partial charge in [-0.25, -0.2) is 0 Å². The van der Waals surface area contributed by atoms with E-state index in [0.29, 0.717) is 0 Å². The molecular weight excluding hydrogens is 259 g/mol. The zero-order chi connectivity index (χ0) is 14.4. The van der Waals surface area contributed by atoms with Crippen LogP contribution in [-0.4, -0.2) is 6.16 Å². The summed E-state index contributed by atoms with van der Waals surface area (Å²) in [4.78, 5) is 0. The van der Waals surface area contributed by atoms with Crippen LogP contribution < -0.4 is 10.6 Å². The van der Waals surface area contributed by atoms with Crippen LogP contribution in [0.2, 0.25) is 0 Å². The van der Waals surface area contributed by atoms with Crippen molar-refractivity contribution in [3.05, 3.63) is 59.7 Å². The molecule has 0 aliphatic heterocycles. The average molecular weight is 284 g/mol. The van der Waals surface area contributed by atoms with Crippen molar-refractivity contribution in [2.24, 2.45) is 0 Å². The molecule has 0 aliphatic rings. The Morgan fingerprint density at radius 3 is 1.55 bits per heavy atom. The second-order valence-corrected chi connectivity index (χ2v) is 7.87. The van der Waals surface area contributed by atoms with Crippen molar-refractivity contribution in [2.45, 2.75) is 40.0 Å². The second kappa shape index (κ2) is 7.60. The number of benzene rings is 2. The highest BCUT2D eigenvalue weighted by molar-refractivity contribution is 7.73. The van der Waals surface area contributed by atoms with Gasteiger partial charge in [0.05, 0.1) is 0 Å². The molecule has 0 nitrogen and oxygen atoms in total. The standard InChI is InChI=1S/C19H25P/c1-4-5-6-15-20(18-11-7-16(2)8-12-18)19-13-9-17(3)10-14-19/h7-14H,4-6,15H2,1-3H3. The normalized spacial score (nSPS) is 11.0. The molecule has 0 bridgehead atoms. The van der Waals surface area contributed by atoms with Crippen LogP contribution in [0, 0.1) is 13.8 Å². The summed E-state index contributed by atoms with van der Waals surface area (Å²) in [6.45, 7) is 6.60. The topological polar surface area (TPSA) is 0 Å². The highest BCUT2D eigenvalue weighted by Gasteiger charge is 2.13. The van der Waals surface area contributed by atoms with Gasteiger partial charge in [-0.2, -0.15) is 0 Å². The van der Waals surface area contributed by atoms with Crippen LogP contribution in [0.5, 0.6) is 0 Å². The van der Waals surface area contributed by atoms with Crippen LogP contribution in [0.15, 0.2) is 48.5 Å². The van der Waals surface area contributed by atoms with Crippen molar-refractivity contribution < 1.29 is 0 Å². The van der Waals surface area contributed by atoms with Gasteiger partial charge in [-0.1, -0.05) is 79.4 Å². The predicted octanol–water partition coefficient (Wildman–Crippen LogP) is 4.93. The quantitative estimate of drug-likeness (QED) is 0.521. The fourth-order valence-electron chi connectivity index (χ4n) is 2.38. The molecule has 0 radical (unpaired) electrons.